The normalized spacial score (nSPS) is 10.5. The minimum absolute atomic E-state index is 0.0237. The molecule has 4 nitrogen and oxygen atoms in total. The molecule has 2 aromatic carbocycles. The maximum atomic E-state index is 13.6. The van der Waals surface area contributed by atoms with Crippen LogP contribution in [-0.4, -0.2) is 12.5 Å². The fourth-order valence-electron chi connectivity index (χ4n) is 1.71. The van der Waals surface area contributed by atoms with Crippen molar-refractivity contribution in [2.75, 3.05) is 11.1 Å². The Balaban J connectivity index is 2.29. The minimum Gasteiger partial charge on any atom is -0.434 e. The van der Waals surface area contributed by atoms with Crippen molar-refractivity contribution in [1.82, 2.24) is 0 Å². The lowest BCUT2D eigenvalue weighted by molar-refractivity contribution is -0.0501. The number of nitrogens with two attached hydrogens (primary N) is 1. The van der Waals surface area contributed by atoms with Crippen LogP contribution in [0.2, 0.25) is 0 Å². The third kappa shape index (κ3) is 3.44. The zero-order valence-electron chi connectivity index (χ0n) is 10.6. The molecule has 0 aliphatic carbocycles. The molecule has 0 saturated heterocycles. The van der Waals surface area contributed by atoms with Crippen molar-refractivity contribution in [1.29, 1.82) is 0 Å². The Bertz CT molecular complexity index is 642. The van der Waals surface area contributed by atoms with Gasteiger partial charge in [0.15, 0.2) is 0 Å². The van der Waals surface area contributed by atoms with Crippen LogP contribution in [0.1, 0.15) is 10.4 Å². The Morgan fingerprint density at radius 3 is 2.52 bits per heavy atom. The standard InChI is InChI=1S/C14H11F3N2O2/c15-9-5-3-6-10(18)12(9)19-13(20)8-4-1-2-7-11(8)21-14(16)17/h1-7,14H,18H2,(H,19,20). The van der Waals surface area contributed by atoms with Crippen molar-refractivity contribution < 1.29 is 22.7 Å². The molecular weight excluding hydrogens is 285 g/mol. The van der Waals surface area contributed by atoms with E-state index in [-0.39, 0.29) is 22.7 Å². The first-order valence-corrected chi connectivity index (χ1v) is 5.88. The van der Waals surface area contributed by atoms with E-state index < -0.39 is 18.3 Å². The van der Waals surface area contributed by atoms with Crippen molar-refractivity contribution in [3.8, 4) is 5.75 Å². The molecule has 0 spiro atoms. The molecule has 2 rings (SSSR count). The fourth-order valence-corrected chi connectivity index (χ4v) is 1.71. The van der Waals surface area contributed by atoms with E-state index in [0.29, 0.717) is 0 Å². The van der Waals surface area contributed by atoms with E-state index in [0.717, 1.165) is 6.07 Å². The van der Waals surface area contributed by atoms with Crippen LogP contribution in [0.4, 0.5) is 24.5 Å². The molecular formula is C14H11F3N2O2. The van der Waals surface area contributed by atoms with E-state index in [9.17, 15) is 18.0 Å². The maximum Gasteiger partial charge on any atom is 0.387 e. The monoisotopic (exact) mass is 296 g/mol. The predicted octanol–water partition coefficient (Wildman–Crippen LogP) is 3.26. The van der Waals surface area contributed by atoms with E-state index in [1.807, 2.05) is 0 Å². The number of carbonyl (C=O) groups is 1. The first-order chi connectivity index (χ1) is 9.99. The van der Waals surface area contributed by atoms with Crippen LogP contribution >= 0.6 is 0 Å². The van der Waals surface area contributed by atoms with Gasteiger partial charge in [-0.05, 0) is 24.3 Å². The van der Waals surface area contributed by atoms with Gasteiger partial charge in [0.2, 0.25) is 0 Å². The highest BCUT2D eigenvalue weighted by molar-refractivity contribution is 6.07. The summed E-state index contributed by atoms with van der Waals surface area (Å²) in [6.07, 6.45) is 0. The number of halogens is 3. The van der Waals surface area contributed by atoms with Crippen molar-refractivity contribution in [2.24, 2.45) is 0 Å². The Kier molecular flexibility index (Phi) is 4.32. The zero-order valence-corrected chi connectivity index (χ0v) is 10.6. The van der Waals surface area contributed by atoms with Crippen LogP contribution in [0.25, 0.3) is 0 Å². The zero-order chi connectivity index (χ0) is 15.4. The molecule has 1 amide bonds. The summed E-state index contributed by atoms with van der Waals surface area (Å²) in [5, 5.41) is 2.24. The molecule has 0 unspecified atom stereocenters. The largest absolute Gasteiger partial charge is 0.434 e. The molecule has 0 aromatic heterocycles. The highest BCUT2D eigenvalue weighted by Crippen LogP contribution is 2.25. The second-order valence-corrected chi connectivity index (χ2v) is 4.03. The molecule has 0 aliphatic heterocycles. The lowest BCUT2D eigenvalue weighted by atomic mass is 10.1. The molecule has 21 heavy (non-hydrogen) atoms. The first kappa shape index (κ1) is 14.7. The number of para-hydroxylation sites is 2. The number of rotatable bonds is 4. The smallest absolute Gasteiger partial charge is 0.387 e. The summed E-state index contributed by atoms with van der Waals surface area (Å²) in [6, 6.07) is 9.31. The van der Waals surface area contributed by atoms with Crippen LogP contribution in [0.15, 0.2) is 42.5 Å². The van der Waals surface area contributed by atoms with Crippen LogP contribution in [0, 0.1) is 5.82 Å². The van der Waals surface area contributed by atoms with Crippen molar-refractivity contribution in [3.05, 3.63) is 53.8 Å². The van der Waals surface area contributed by atoms with E-state index in [2.05, 4.69) is 10.1 Å². The molecule has 110 valence electrons. The lowest BCUT2D eigenvalue weighted by Crippen LogP contribution is -2.16. The van der Waals surface area contributed by atoms with Crippen LogP contribution in [0.5, 0.6) is 5.75 Å². The van der Waals surface area contributed by atoms with E-state index >= 15 is 0 Å². The number of amides is 1. The van der Waals surface area contributed by atoms with Gasteiger partial charge in [0.25, 0.3) is 5.91 Å². The first-order valence-electron chi connectivity index (χ1n) is 5.88. The van der Waals surface area contributed by atoms with Gasteiger partial charge in [0.1, 0.15) is 17.3 Å². The second kappa shape index (κ2) is 6.17. The fraction of sp³-hybridized carbons (Fsp3) is 0.0714. The van der Waals surface area contributed by atoms with Crippen LogP contribution in [0.3, 0.4) is 0 Å². The maximum absolute atomic E-state index is 13.6. The Morgan fingerprint density at radius 1 is 1.14 bits per heavy atom. The second-order valence-electron chi connectivity index (χ2n) is 4.03. The van der Waals surface area contributed by atoms with Crippen molar-refractivity contribution >= 4 is 17.3 Å². The van der Waals surface area contributed by atoms with E-state index in [1.54, 1.807) is 0 Å². The summed E-state index contributed by atoms with van der Waals surface area (Å²) in [5.41, 5.74) is 5.22. The number of hydrogen-bond acceptors (Lipinski definition) is 3. The quantitative estimate of drug-likeness (QED) is 0.851. The summed E-state index contributed by atoms with van der Waals surface area (Å²) < 4.78 is 42.4. The summed E-state index contributed by atoms with van der Waals surface area (Å²) >= 11 is 0. The third-order valence-electron chi connectivity index (χ3n) is 2.63. The van der Waals surface area contributed by atoms with Crippen LogP contribution in [-0.2, 0) is 0 Å². The average molecular weight is 296 g/mol. The molecule has 2 aromatic rings. The van der Waals surface area contributed by atoms with Gasteiger partial charge in [-0.25, -0.2) is 4.39 Å². The Hall–Kier alpha value is -2.70. The van der Waals surface area contributed by atoms with Gasteiger partial charge in [0, 0.05) is 0 Å². The molecule has 3 N–H and O–H groups in total. The van der Waals surface area contributed by atoms with Gasteiger partial charge in [-0.2, -0.15) is 8.78 Å². The molecule has 0 bridgehead atoms. The average Bonchev–Trinajstić information content (AvgIpc) is 2.43. The van der Waals surface area contributed by atoms with Gasteiger partial charge < -0.3 is 15.8 Å². The molecule has 0 atom stereocenters. The van der Waals surface area contributed by atoms with Crippen molar-refractivity contribution in [2.45, 2.75) is 6.61 Å². The van der Waals surface area contributed by atoms with Gasteiger partial charge in [-0.15, -0.1) is 0 Å². The highest BCUT2D eigenvalue weighted by Gasteiger charge is 2.17. The number of hydrogen-bond donors (Lipinski definition) is 2. The van der Waals surface area contributed by atoms with Gasteiger partial charge in [-0.3, -0.25) is 4.79 Å². The minimum atomic E-state index is -3.07. The SMILES string of the molecule is Nc1cccc(F)c1NC(=O)c1ccccc1OC(F)F. The lowest BCUT2D eigenvalue weighted by Gasteiger charge is -2.12. The van der Waals surface area contributed by atoms with E-state index in [1.165, 1.54) is 36.4 Å². The Labute approximate surface area is 118 Å². The summed E-state index contributed by atoms with van der Waals surface area (Å²) in [6.45, 7) is -3.07. The molecule has 0 fully saturated rings. The van der Waals surface area contributed by atoms with Crippen LogP contribution < -0.4 is 15.8 Å². The number of nitrogens with one attached hydrogen (secondary N) is 1. The number of benzene rings is 2. The molecule has 0 saturated carbocycles. The number of nitrogen functional groups attached to an aromatic ring is 1. The highest BCUT2D eigenvalue weighted by atomic mass is 19.3. The predicted molar refractivity (Wildman–Crippen MR) is 71.8 cm³/mol. The van der Waals surface area contributed by atoms with Crippen molar-refractivity contribution in [3.63, 3.8) is 0 Å². The summed E-state index contributed by atoms with van der Waals surface area (Å²) in [5.74, 6) is -1.83. The Morgan fingerprint density at radius 2 is 1.86 bits per heavy atom. The number of anilines is 2. The molecule has 7 heteroatoms. The molecule has 0 aliphatic rings. The van der Waals surface area contributed by atoms with E-state index in [4.69, 9.17) is 5.73 Å². The van der Waals surface area contributed by atoms with Gasteiger partial charge in [0.05, 0.1) is 11.3 Å². The number of alkyl halides is 2. The summed E-state index contributed by atoms with van der Waals surface area (Å²) in [7, 11) is 0. The third-order valence-corrected chi connectivity index (χ3v) is 2.63. The molecule has 0 radical (unpaired) electrons. The molecule has 0 heterocycles. The summed E-state index contributed by atoms with van der Waals surface area (Å²) in [4.78, 5) is 12.1. The van der Waals surface area contributed by atoms with Gasteiger partial charge >= 0.3 is 6.61 Å². The topological polar surface area (TPSA) is 64.3 Å². The number of ether oxygens (including phenoxy) is 1. The number of carbonyl (C=O) groups excluding carboxylic acids is 1. The van der Waals surface area contributed by atoms with Gasteiger partial charge in [-0.1, -0.05) is 18.2 Å².